The predicted molar refractivity (Wildman–Crippen MR) is 349 cm³/mol. The Morgan fingerprint density at radius 2 is 0.700 bits per heavy atom. The van der Waals surface area contributed by atoms with E-state index in [4.69, 9.17) is 0 Å². The second kappa shape index (κ2) is 18.8. The Labute approximate surface area is 476 Å². The fourth-order valence-electron chi connectivity index (χ4n) is 12.1. The van der Waals surface area contributed by atoms with Gasteiger partial charge in [-0.3, -0.25) is 0 Å². The van der Waals surface area contributed by atoms with E-state index in [0.29, 0.717) is 0 Å². The summed E-state index contributed by atoms with van der Waals surface area (Å²) in [6.45, 7) is 34.9. The van der Waals surface area contributed by atoms with Crippen molar-refractivity contribution in [1.29, 1.82) is 0 Å². The fourth-order valence-corrected chi connectivity index (χ4v) is 12.1. The summed E-state index contributed by atoms with van der Waals surface area (Å²) in [5.41, 5.74) is 21.0. The number of benzene rings is 11. The molecule has 0 saturated heterocycles. The van der Waals surface area contributed by atoms with E-state index in [9.17, 15) is 0 Å². The Morgan fingerprint density at radius 3 is 1.21 bits per heavy atom. The number of fused-ring (bicyclic) bond motifs is 3. The highest BCUT2D eigenvalue weighted by atomic mass is 15.1. The Bertz CT molecular complexity index is 4170. The summed E-state index contributed by atoms with van der Waals surface area (Å²) in [5.74, 6) is 0. The average Bonchev–Trinajstić information content (AvgIpc) is 3.95. The average molecular weight is 1040 g/mol. The van der Waals surface area contributed by atoms with Crippen molar-refractivity contribution in [2.45, 2.75) is 131 Å². The van der Waals surface area contributed by atoms with Crippen molar-refractivity contribution in [2.24, 2.45) is 0 Å². The van der Waals surface area contributed by atoms with Gasteiger partial charge in [0.2, 0.25) is 0 Å². The maximum atomic E-state index is 2.53. The third-order valence-corrected chi connectivity index (χ3v) is 17.0. The third kappa shape index (κ3) is 9.45. The molecule has 2 heteroatoms. The van der Waals surface area contributed by atoms with Crippen molar-refractivity contribution in [3.8, 4) is 39.1 Å². The molecule has 80 heavy (non-hydrogen) atoms. The Hall–Kier alpha value is -7.94. The molecule has 0 bridgehead atoms. The van der Waals surface area contributed by atoms with Crippen LogP contribution in [0.15, 0.2) is 200 Å². The first-order valence-electron chi connectivity index (χ1n) is 29.0. The van der Waals surface area contributed by atoms with E-state index < -0.39 is 0 Å². The van der Waals surface area contributed by atoms with Crippen LogP contribution in [0.5, 0.6) is 0 Å². The lowest BCUT2D eigenvalue weighted by Crippen LogP contribution is -2.16. The van der Waals surface area contributed by atoms with Crippen LogP contribution in [-0.2, 0) is 27.1 Å². The molecular formula is C78H78N2. The second-order valence-electron chi connectivity index (χ2n) is 28.0. The minimum atomic E-state index is -0.0118. The highest BCUT2D eigenvalue weighted by Gasteiger charge is 2.27. The first kappa shape index (κ1) is 52.7. The zero-order valence-corrected chi connectivity index (χ0v) is 49.9. The van der Waals surface area contributed by atoms with Gasteiger partial charge in [0.15, 0.2) is 0 Å². The molecule has 11 aromatic carbocycles. The minimum absolute atomic E-state index is 0.00111. The molecule has 0 atom stereocenters. The molecule has 0 radical (unpaired) electrons. The monoisotopic (exact) mass is 1040 g/mol. The quantitative estimate of drug-likeness (QED) is 0.144. The van der Waals surface area contributed by atoms with Crippen LogP contribution in [0.25, 0.3) is 93.2 Å². The largest absolute Gasteiger partial charge is 0.310 e. The van der Waals surface area contributed by atoms with E-state index in [2.05, 4.69) is 314 Å². The maximum Gasteiger partial charge on any atom is 0.0541 e. The summed E-state index contributed by atoms with van der Waals surface area (Å²) in [6.07, 6.45) is 0. The molecule has 12 aromatic rings. The molecule has 0 aliphatic rings. The molecule has 0 saturated carbocycles. The first-order chi connectivity index (χ1) is 37.8. The van der Waals surface area contributed by atoms with E-state index in [1.807, 2.05) is 0 Å². The molecule has 0 spiro atoms. The summed E-state index contributed by atoms with van der Waals surface area (Å²) >= 11 is 0. The molecule has 0 unspecified atom stereocenters. The molecule has 400 valence electrons. The maximum absolute atomic E-state index is 2.53. The lowest BCUT2D eigenvalue weighted by atomic mass is 9.79. The van der Waals surface area contributed by atoms with E-state index in [1.54, 1.807) is 0 Å². The van der Waals surface area contributed by atoms with E-state index in [1.165, 1.54) is 121 Å². The summed E-state index contributed by atoms with van der Waals surface area (Å²) in [6, 6.07) is 77.0. The lowest BCUT2D eigenvalue weighted by Gasteiger charge is -2.29. The van der Waals surface area contributed by atoms with E-state index in [0.717, 1.165) is 17.1 Å². The van der Waals surface area contributed by atoms with Gasteiger partial charge in [-0.1, -0.05) is 243 Å². The van der Waals surface area contributed by atoms with Gasteiger partial charge >= 0.3 is 0 Å². The molecule has 1 heterocycles. The van der Waals surface area contributed by atoms with Crippen LogP contribution < -0.4 is 4.90 Å². The van der Waals surface area contributed by atoms with Crippen LogP contribution in [0.3, 0.4) is 0 Å². The van der Waals surface area contributed by atoms with Gasteiger partial charge in [-0.15, -0.1) is 0 Å². The van der Waals surface area contributed by atoms with Crippen LogP contribution in [-0.4, -0.2) is 4.57 Å². The van der Waals surface area contributed by atoms with Gasteiger partial charge in [0.1, 0.15) is 0 Å². The van der Waals surface area contributed by atoms with Gasteiger partial charge in [-0.25, -0.2) is 0 Å². The highest BCUT2D eigenvalue weighted by Crippen LogP contribution is 2.48. The van der Waals surface area contributed by atoms with Gasteiger partial charge in [-0.2, -0.15) is 0 Å². The number of hydrogen-bond donors (Lipinski definition) is 0. The van der Waals surface area contributed by atoms with E-state index >= 15 is 0 Å². The van der Waals surface area contributed by atoms with Crippen molar-refractivity contribution < 1.29 is 0 Å². The Balaban J connectivity index is 1.10. The molecule has 2 nitrogen and oxygen atoms in total. The highest BCUT2D eigenvalue weighted by molar-refractivity contribution is 6.27. The topological polar surface area (TPSA) is 8.17 Å². The van der Waals surface area contributed by atoms with Crippen molar-refractivity contribution in [1.82, 2.24) is 4.57 Å². The first-order valence-corrected chi connectivity index (χ1v) is 29.0. The summed E-state index contributed by atoms with van der Waals surface area (Å²) < 4.78 is 2.53. The van der Waals surface area contributed by atoms with Crippen LogP contribution in [0, 0.1) is 0 Å². The van der Waals surface area contributed by atoms with Crippen molar-refractivity contribution in [3.05, 3.63) is 228 Å². The number of aromatic nitrogens is 1. The summed E-state index contributed by atoms with van der Waals surface area (Å²) in [7, 11) is 0. The van der Waals surface area contributed by atoms with Crippen molar-refractivity contribution in [2.75, 3.05) is 4.90 Å². The SMILES string of the molecule is CC(C)(C)c1cc(-c2cccc(N(c3cccc(-c4cc(C(C)(C)C)cc(C(C)(C)C)c4)c3)c3ccc4ccc5c(-n6c7ccc(-c8ccccc8)cc7c7cc(C(C)(C)C)ccc76)ccc6ccc3c4c65)c2)cc(C(C)(C)C)c1. The Morgan fingerprint density at radius 1 is 0.275 bits per heavy atom. The molecule has 0 N–H and O–H groups in total. The standard InChI is InChI=1S/C78H78N2/c1-74(2,3)57-32-38-71-67(48-57)66-45-54(49-21-17-16-18-22-49)31-37-70(66)80(71)69-36-30-51-27-33-64-68(35-29-50-28-34-65(69)73(51)72(50)64)79(62-25-19-23-52(43-62)55-39-58(75(4,5)6)46-59(40-55)76(7,8)9)63-26-20-24-53(44-63)56-41-60(77(10,11)12)47-61(42-56)78(13,14)15/h16-48H,1-15H3. The zero-order chi connectivity index (χ0) is 56.4. The van der Waals surface area contributed by atoms with Crippen molar-refractivity contribution in [3.63, 3.8) is 0 Å². The Kier molecular flexibility index (Phi) is 12.4. The smallest absolute Gasteiger partial charge is 0.0541 e. The summed E-state index contributed by atoms with van der Waals surface area (Å²) in [5, 5.41) is 10.0. The molecule has 0 fully saturated rings. The van der Waals surface area contributed by atoms with Gasteiger partial charge in [-0.05, 0) is 170 Å². The van der Waals surface area contributed by atoms with Crippen LogP contribution in [0.4, 0.5) is 17.1 Å². The normalized spacial score (nSPS) is 12.9. The summed E-state index contributed by atoms with van der Waals surface area (Å²) in [4.78, 5) is 2.53. The zero-order valence-electron chi connectivity index (χ0n) is 49.9. The second-order valence-corrected chi connectivity index (χ2v) is 28.0. The fraction of sp³-hybridized carbons (Fsp3) is 0.256. The van der Waals surface area contributed by atoms with Crippen molar-refractivity contribution >= 4 is 71.2 Å². The van der Waals surface area contributed by atoms with Gasteiger partial charge in [0.25, 0.3) is 0 Å². The predicted octanol–water partition coefficient (Wildman–Crippen LogP) is 22.6. The molecular weight excluding hydrogens is 965 g/mol. The van der Waals surface area contributed by atoms with E-state index in [-0.39, 0.29) is 27.1 Å². The number of nitrogens with zero attached hydrogens (tertiary/aromatic N) is 2. The minimum Gasteiger partial charge on any atom is -0.310 e. The van der Waals surface area contributed by atoms with Gasteiger partial charge in [0, 0.05) is 32.9 Å². The molecule has 1 aromatic heterocycles. The van der Waals surface area contributed by atoms with Crippen LogP contribution >= 0.6 is 0 Å². The van der Waals surface area contributed by atoms with Gasteiger partial charge in [0.05, 0.1) is 22.4 Å². The molecule has 12 rings (SSSR count). The number of rotatable bonds is 7. The molecule has 0 amide bonds. The lowest BCUT2D eigenvalue weighted by molar-refractivity contribution is 0.568. The molecule has 0 aliphatic heterocycles. The number of hydrogen-bond acceptors (Lipinski definition) is 1. The van der Waals surface area contributed by atoms with Crippen LogP contribution in [0.2, 0.25) is 0 Å². The molecule has 0 aliphatic carbocycles. The van der Waals surface area contributed by atoms with Crippen LogP contribution in [0.1, 0.15) is 132 Å². The van der Waals surface area contributed by atoms with Gasteiger partial charge < -0.3 is 9.47 Å². The number of anilines is 3. The third-order valence-electron chi connectivity index (χ3n) is 17.0.